The van der Waals surface area contributed by atoms with Crippen LogP contribution < -0.4 is 42.5 Å². The van der Waals surface area contributed by atoms with E-state index in [4.69, 9.17) is 0 Å². The second-order valence-corrected chi connectivity index (χ2v) is 23.1. The standard InChI is InChI=1S/C56H78N12O8.4ClH/c1-31(57-9)47(69)65-45(55(3,4)5)53(75)67-29-35(25-43(67)51(73)63-39-23-15-19-33-17-11-13-21-37(33)39)61-49(71)41-27-60-42(28-59-41)50(72)62-36-26-44(52(74)64-40-24-16-20-34-18-12-14-22-38(34)40)68(30-36)54(76)46(56(6,7)8)66-48(70)32(2)58-10;;;;/h11-14,17-18,21-22,27-28,31-32,35-36,39-40,43-46,57-58H,15-16,19-20,23-26,29-30H2,1-10H3,(H,61,71)(H,62,72)(H,63,73)(H,64,74)(H,65,69)(H,66,70);4*1H/t31-,32-,35-,36-,39+,40+,43-,44-,45+,46+;;;;/m0..../s1. The molecule has 442 valence electrons. The number of carbonyl (C=O) groups excluding carboxylic acids is 8. The van der Waals surface area contributed by atoms with Gasteiger partial charge in [0, 0.05) is 25.2 Å². The molecular formula is C56H82Cl4N12O8. The summed E-state index contributed by atoms with van der Waals surface area (Å²) in [4.78, 5) is 124. The van der Waals surface area contributed by atoms with Crippen LogP contribution in [-0.2, 0) is 41.6 Å². The summed E-state index contributed by atoms with van der Waals surface area (Å²) in [7, 11) is 3.29. The fraction of sp³-hybridized carbons (Fsp3) is 0.571. The van der Waals surface area contributed by atoms with Crippen molar-refractivity contribution < 1.29 is 38.4 Å². The maximum absolute atomic E-state index is 14.6. The number of nitrogens with one attached hydrogen (secondary N) is 8. The summed E-state index contributed by atoms with van der Waals surface area (Å²) in [6, 6.07) is 8.84. The minimum Gasteiger partial charge on any atom is -0.347 e. The summed E-state index contributed by atoms with van der Waals surface area (Å²) < 4.78 is 0. The lowest BCUT2D eigenvalue weighted by atomic mass is 9.85. The molecule has 0 bridgehead atoms. The summed E-state index contributed by atoms with van der Waals surface area (Å²) >= 11 is 0. The van der Waals surface area contributed by atoms with Gasteiger partial charge in [-0.25, -0.2) is 9.97 Å². The number of hydrogen-bond donors (Lipinski definition) is 8. The average Bonchev–Trinajstić information content (AvgIpc) is 4.03. The summed E-state index contributed by atoms with van der Waals surface area (Å²) in [5.74, 6) is -3.72. The van der Waals surface area contributed by atoms with Crippen molar-refractivity contribution in [2.24, 2.45) is 10.8 Å². The molecule has 10 atom stereocenters. The van der Waals surface area contributed by atoms with Gasteiger partial charge in [0.15, 0.2) is 0 Å². The molecule has 2 saturated heterocycles. The van der Waals surface area contributed by atoms with Crippen LogP contribution in [0.1, 0.15) is 149 Å². The molecule has 20 nitrogen and oxygen atoms in total. The molecule has 0 unspecified atom stereocenters. The first-order valence-corrected chi connectivity index (χ1v) is 26.7. The van der Waals surface area contributed by atoms with Crippen LogP contribution in [0.25, 0.3) is 0 Å². The van der Waals surface area contributed by atoms with Crippen LogP contribution in [0.3, 0.4) is 0 Å². The predicted octanol–water partition coefficient (Wildman–Crippen LogP) is 4.23. The number of likely N-dealkylation sites (N-methyl/N-ethyl adjacent to an activating group) is 2. The third-order valence-corrected chi connectivity index (χ3v) is 15.4. The van der Waals surface area contributed by atoms with E-state index in [2.05, 4.69) is 64.6 Å². The largest absolute Gasteiger partial charge is 0.347 e. The number of fused-ring (bicyclic) bond motifs is 2. The van der Waals surface area contributed by atoms with Crippen molar-refractivity contribution in [3.05, 3.63) is 94.6 Å². The second-order valence-electron chi connectivity index (χ2n) is 23.1. The number of aryl methyl sites for hydroxylation is 2. The number of carbonyl (C=O) groups is 8. The lowest BCUT2D eigenvalue weighted by Gasteiger charge is -2.36. The lowest BCUT2D eigenvalue weighted by molar-refractivity contribution is -0.144. The Bertz CT molecular complexity index is 2490. The van der Waals surface area contributed by atoms with Crippen molar-refractivity contribution in [2.75, 3.05) is 27.2 Å². The van der Waals surface area contributed by atoms with Crippen LogP contribution in [0.4, 0.5) is 0 Å². The Hall–Kier alpha value is -5.64. The highest BCUT2D eigenvalue weighted by Gasteiger charge is 2.48. The zero-order valence-electron chi connectivity index (χ0n) is 47.3. The van der Waals surface area contributed by atoms with Crippen molar-refractivity contribution in [1.29, 1.82) is 0 Å². The van der Waals surface area contributed by atoms with E-state index in [1.54, 1.807) is 27.9 Å². The maximum atomic E-state index is 14.6. The molecule has 1 aromatic heterocycles. The topological polar surface area (TPSA) is 265 Å². The van der Waals surface area contributed by atoms with Crippen LogP contribution in [0.2, 0.25) is 0 Å². The molecule has 2 aliphatic heterocycles. The van der Waals surface area contributed by atoms with Crippen LogP contribution in [0.15, 0.2) is 60.9 Å². The Balaban J connectivity index is 0.00000420. The summed E-state index contributed by atoms with van der Waals surface area (Å²) in [5.41, 5.74) is 2.62. The van der Waals surface area contributed by atoms with Gasteiger partial charge in [0.25, 0.3) is 11.8 Å². The van der Waals surface area contributed by atoms with Gasteiger partial charge >= 0.3 is 0 Å². The Morgan fingerprint density at radius 3 is 1.21 bits per heavy atom. The second kappa shape index (κ2) is 29.4. The highest BCUT2D eigenvalue weighted by atomic mass is 35.5. The van der Waals surface area contributed by atoms with Gasteiger partial charge in [-0.05, 0) is 112 Å². The number of nitrogens with zero attached hydrogens (tertiary/aromatic N) is 4. The van der Waals surface area contributed by atoms with Gasteiger partial charge in [-0.3, -0.25) is 38.4 Å². The summed E-state index contributed by atoms with van der Waals surface area (Å²) in [6.45, 7) is 14.3. The van der Waals surface area contributed by atoms with Gasteiger partial charge in [0.1, 0.15) is 35.6 Å². The first-order chi connectivity index (χ1) is 36.0. The van der Waals surface area contributed by atoms with Gasteiger partial charge in [-0.15, -0.1) is 49.6 Å². The number of benzene rings is 2. The number of hydrogen-bond acceptors (Lipinski definition) is 12. The number of aromatic nitrogens is 2. The first kappa shape index (κ1) is 68.6. The third kappa shape index (κ3) is 16.3. The molecule has 4 aliphatic rings. The molecule has 2 aromatic carbocycles. The van der Waals surface area contributed by atoms with Gasteiger partial charge in [-0.2, -0.15) is 0 Å². The zero-order valence-corrected chi connectivity index (χ0v) is 50.6. The van der Waals surface area contributed by atoms with Gasteiger partial charge in [-0.1, -0.05) is 90.1 Å². The van der Waals surface area contributed by atoms with E-state index in [0.717, 1.165) is 73.2 Å². The van der Waals surface area contributed by atoms with Gasteiger partial charge in [0.05, 0.1) is 36.6 Å². The van der Waals surface area contributed by atoms with E-state index in [9.17, 15) is 38.4 Å². The van der Waals surface area contributed by atoms with E-state index in [1.165, 1.54) is 9.80 Å². The number of likely N-dealkylation sites (tertiary alicyclic amines) is 2. The van der Waals surface area contributed by atoms with Gasteiger partial charge < -0.3 is 52.3 Å². The van der Waals surface area contributed by atoms with E-state index in [-0.39, 0.29) is 123 Å². The summed E-state index contributed by atoms with van der Waals surface area (Å²) in [6.07, 6.45) is 7.47. The fourth-order valence-corrected chi connectivity index (χ4v) is 10.7. The Kier molecular flexibility index (Phi) is 25.2. The maximum Gasteiger partial charge on any atom is 0.271 e. The minimum absolute atomic E-state index is 0. The van der Waals surface area contributed by atoms with Crippen LogP contribution >= 0.6 is 49.6 Å². The summed E-state index contributed by atoms with van der Waals surface area (Å²) in [5, 5.41) is 23.8. The molecule has 0 spiro atoms. The molecule has 7 rings (SSSR count). The molecule has 24 heteroatoms. The lowest BCUT2D eigenvalue weighted by Crippen LogP contribution is -2.59. The molecule has 0 radical (unpaired) electrons. The molecule has 2 aliphatic carbocycles. The van der Waals surface area contributed by atoms with E-state index < -0.39 is 82.8 Å². The minimum atomic E-state index is -1.00. The van der Waals surface area contributed by atoms with Crippen molar-refractivity contribution in [1.82, 2.24) is 62.3 Å². The van der Waals surface area contributed by atoms with E-state index in [0.29, 0.717) is 0 Å². The Labute approximate surface area is 494 Å². The molecule has 8 N–H and O–H groups in total. The molecule has 2 fully saturated rings. The Morgan fingerprint density at radius 1 is 0.537 bits per heavy atom. The SMILES string of the molecule is CN[C@@H](C)C(=O)N[C@H](C(=O)N1C[C@@H](NC(=O)c2cnc(C(=O)N[C@H]3C[C@@H](C(=O)N[C@@H]4CCCc5ccccc54)N(C(=O)[C@@H](NC(=O)[C@H](C)NC)C(C)(C)C)C3)cn2)C[C@H]1C(=O)N[C@@H]1CCCc2ccccc21)C(C)(C)C.Cl.Cl.Cl.Cl. The van der Waals surface area contributed by atoms with E-state index >= 15 is 0 Å². The molecular weight excluding hydrogens is 1110 g/mol. The molecule has 0 saturated carbocycles. The van der Waals surface area contributed by atoms with Crippen molar-refractivity contribution in [3.63, 3.8) is 0 Å². The number of halogens is 4. The zero-order chi connectivity index (χ0) is 55.2. The van der Waals surface area contributed by atoms with Crippen LogP contribution in [0, 0.1) is 10.8 Å². The smallest absolute Gasteiger partial charge is 0.271 e. The Morgan fingerprint density at radius 2 is 0.887 bits per heavy atom. The molecule has 3 heterocycles. The van der Waals surface area contributed by atoms with Crippen LogP contribution in [0.5, 0.6) is 0 Å². The normalized spacial score (nSPS) is 21.7. The fourth-order valence-electron chi connectivity index (χ4n) is 10.7. The third-order valence-electron chi connectivity index (χ3n) is 15.4. The average molecular weight is 1190 g/mol. The van der Waals surface area contributed by atoms with Crippen LogP contribution in [-0.4, -0.2) is 143 Å². The predicted molar refractivity (Wildman–Crippen MR) is 314 cm³/mol. The van der Waals surface area contributed by atoms with Crippen molar-refractivity contribution in [2.45, 2.75) is 167 Å². The van der Waals surface area contributed by atoms with E-state index in [1.807, 2.05) is 77.9 Å². The van der Waals surface area contributed by atoms with Crippen molar-refractivity contribution >= 4 is 96.9 Å². The van der Waals surface area contributed by atoms with Gasteiger partial charge in [0.2, 0.25) is 35.4 Å². The number of rotatable bonds is 16. The first-order valence-electron chi connectivity index (χ1n) is 26.7. The molecule has 80 heavy (non-hydrogen) atoms. The number of amides is 8. The molecule has 8 amide bonds. The monoisotopic (exact) mass is 1190 g/mol. The van der Waals surface area contributed by atoms with Crippen molar-refractivity contribution in [3.8, 4) is 0 Å². The quantitative estimate of drug-likeness (QED) is 0.100. The highest BCUT2D eigenvalue weighted by molar-refractivity contribution is 5.98. The molecule has 3 aromatic rings. The highest BCUT2D eigenvalue weighted by Crippen LogP contribution is 2.34.